The highest BCUT2D eigenvalue weighted by atomic mass is 16.5. The van der Waals surface area contributed by atoms with E-state index in [-0.39, 0.29) is 6.10 Å². The minimum atomic E-state index is -1.06. The smallest absolute Gasteiger partial charge is 0.191 e. The molecule has 1 atom stereocenters. The van der Waals surface area contributed by atoms with Crippen LogP contribution >= 0.6 is 0 Å². The Morgan fingerprint density at radius 1 is 1.29 bits per heavy atom. The fourth-order valence-corrected chi connectivity index (χ4v) is 3.67. The predicted octanol–water partition coefficient (Wildman–Crippen LogP) is 2.71. The predicted molar refractivity (Wildman–Crippen MR) is 121 cm³/mol. The molecule has 170 valence electrons. The Kier molecular flexibility index (Phi) is 7.79. The summed E-state index contributed by atoms with van der Waals surface area (Å²) < 4.78 is 13.3. The minimum Gasteiger partial charge on any atom is -0.493 e. The highest BCUT2D eigenvalue weighted by Gasteiger charge is 2.25. The van der Waals surface area contributed by atoms with Gasteiger partial charge in [-0.3, -0.25) is 4.68 Å². The number of hydrogen-bond donors (Lipinski definition) is 3. The van der Waals surface area contributed by atoms with Crippen molar-refractivity contribution >= 4 is 5.96 Å². The number of aliphatic hydroxyl groups is 1. The van der Waals surface area contributed by atoms with E-state index in [0.29, 0.717) is 19.0 Å². The van der Waals surface area contributed by atoms with E-state index in [0.717, 1.165) is 42.0 Å². The first kappa shape index (κ1) is 22.9. The normalized spacial score (nSPS) is 16.7. The fourth-order valence-electron chi connectivity index (χ4n) is 3.67. The number of aryl methyl sites for hydroxylation is 1. The molecule has 0 spiro atoms. The zero-order chi connectivity index (χ0) is 22.3. The summed E-state index contributed by atoms with van der Waals surface area (Å²) in [5.41, 5.74) is 0.722. The van der Waals surface area contributed by atoms with Crippen LogP contribution in [-0.2, 0) is 19.2 Å². The van der Waals surface area contributed by atoms with E-state index in [9.17, 15) is 5.11 Å². The van der Waals surface area contributed by atoms with Crippen molar-refractivity contribution in [3.05, 3.63) is 41.7 Å². The molecule has 1 aromatic carbocycles. The fraction of sp³-hybridized carbons (Fsp3) is 0.565. The summed E-state index contributed by atoms with van der Waals surface area (Å²) in [6.45, 7) is 5.28. The van der Waals surface area contributed by atoms with E-state index in [4.69, 9.17) is 9.47 Å². The van der Waals surface area contributed by atoms with Gasteiger partial charge in [-0.15, -0.1) is 0 Å². The molecular weight excluding hydrogens is 394 g/mol. The third-order valence-electron chi connectivity index (χ3n) is 5.51. The van der Waals surface area contributed by atoms with Crippen LogP contribution in [0.1, 0.15) is 50.7 Å². The Morgan fingerprint density at radius 2 is 2.06 bits per heavy atom. The summed E-state index contributed by atoms with van der Waals surface area (Å²) in [7, 11) is 3.49. The third kappa shape index (κ3) is 6.37. The van der Waals surface area contributed by atoms with Crippen molar-refractivity contribution in [2.24, 2.45) is 12.0 Å². The number of aromatic nitrogens is 2. The van der Waals surface area contributed by atoms with Crippen LogP contribution in [0, 0.1) is 0 Å². The Morgan fingerprint density at radius 3 is 2.71 bits per heavy atom. The Balaban J connectivity index is 1.66. The molecule has 1 aliphatic rings. The van der Waals surface area contributed by atoms with Gasteiger partial charge in [-0.1, -0.05) is 6.07 Å². The van der Waals surface area contributed by atoms with Crippen molar-refractivity contribution in [1.29, 1.82) is 0 Å². The van der Waals surface area contributed by atoms with E-state index in [2.05, 4.69) is 20.7 Å². The second kappa shape index (κ2) is 10.5. The van der Waals surface area contributed by atoms with E-state index in [1.807, 2.05) is 38.4 Å². The van der Waals surface area contributed by atoms with E-state index < -0.39 is 5.60 Å². The maximum absolute atomic E-state index is 10.8. The molecule has 31 heavy (non-hydrogen) atoms. The maximum atomic E-state index is 10.8. The zero-order valence-electron chi connectivity index (χ0n) is 19.0. The minimum absolute atomic E-state index is 0.265. The van der Waals surface area contributed by atoms with Crippen LogP contribution in [0.4, 0.5) is 0 Å². The molecule has 0 amide bonds. The Bertz CT molecular complexity index is 872. The highest BCUT2D eigenvalue weighted by molar-refractivity contribution is 5.79. The van der Waals surface area contributed by atoms with Crippen LogP contribution in [0.25, 0.3) is 0 Å². The summed E-state index contributed by atoms with van der Waals surface area (Å²) >= 11 is 0. The van der Waals surface area contributed by atoms with Crippen molar-refractivity contribution in [2.75, 3.05) is 20.2 Å². The Labute approximate surface area is 184 Å². The van der Waals surface area contributed by atoms with E-state index >= 15 is 0 Å². The number of benzene rings is 1. The molecular formula is C23H35N5O3. The number of guanidine groups is 1. The average molecular weight is 430 g/mol. The molecule has 3 rings (SSSR count). The monoisotopic (exact) mass is 429 g/mol. The molecule has 8 heteroatoms. The summed E-state index contributed by atoms with van der Waals surface area (Å²) in [6, 6.07) is 5.94. The summed E-state index contributed by atoms with van der Waals surface area (Å²) in [4.78, 5) is 4.68. The molecule has 1 heterocycles. The molecule has 1 aromatic heterocycles. The van der Waals surface area contributed by atoms with Crippen LogP contribution in [0.3, 0.4) is 0 Å². The topological polar surface area (TPSA) is 92.9 Å². The summed E-state index contributed by atoms with van der Waals surface area (Å²) in [5.74, 6) is 2.16. The van der Waals surface area contributed by atoms with Crippen molar-refractivity contribution in [2.45, 2.75) is 57.8 Å². The number of nitrogens with one attached hydrogen (secondary N) is 2. The van der Waals surface area contributed by atoms with Gasteiger partial charge in [0.25, 0.3) is 0 Å². The first-order valence-electron chi connectivity index (χ1n) is 11.0. The van der Waals surface area contributed by atoms with Crippen LogP contribution in [-0.4, -0.2) is 47.1 Å². The van der Waals surface area contributed by atoms with Gasteiger partial charge in [0, 0.05) is 25.4 Å². The highest BCUT2D eigenvalue weighted by Crippen LogP contribution is 2.32. The number of methoxy groups -OCH3 is 1. The molecule has 1 unspecified atom stereocenters. The van der Waals surface area contributed by atoms with Gasteiger partial charge in [0.2, 0.25) is 0 Å². The zero-order valence-corrected chi connectivity index (χ0v) is 19.0. The average Bonchev–Trinajstić information content (AvgIpc) is 3.42. The van der Waals surface area contributed by atoms with Crippen molar-refractivity contribution in [1.82, 2.24) is 20.4 Å². The second-order valence-corrected chi connectivity index (χ2v) is 8.23. The molecule has 0 radical (unpaired) electrons. The lowest BCUT2D eigenvalue weighted by Gasteiger charge is -2.23. The number of nitrogens with zero attached hydrogens (tertiary/aromatic N) is 3. The van der Waals surface area contributed by atoms with Gasteiger partial charge in [-0.2, -0.15) is 5.10 Å². The molecule has 1 aliphatic carbocycles. The molecule has 8 nitrogen and oxygen atoms in total. The largest absolute Gasteiger partial charge is 0.493 e. The lowest BCUT2D eigenvalue weighted by molar-refractivity contribution is 0.0616. The van der Waals surface area contributed by atoms with Crippen LogP contribution in [0.2, 0.25) is 0 Å². The first-order chi connectivity index (χ1) is 14.9. The third-order valence-corrected chi connectivity index (χ3v) is 5.51. The number of rotatable bonds is 9. The van der Waals surface area contributed by atoms with Crippen molar-refractivity contribution < 1.29 is 14.6 Å². The SMILES string of the molecule is CCNC(=NCc1ccc(OC)c(OC2CCCC2)c1)NCC(C)(O)c1cnn(C)c1. The molecule has 0 aliphatic heterocycles. The summed E-state index contributed by atoms with van der Waals surface area (Å²) in [6.07, 6.45) is 8.38. The summed E-state index contributed by atoms with van der Waals surface area (Å²) in [5, 5.41) is 21.4. The number of hydrogen-bond acceptors (Lipinski definition) is 5. The van der Waals surface area contributed by atoms with Gasteiger partial charge >= 0.3 is 0 Å². The maximum Gasteiger partial charge on any atom is 0.191 e. The quantitative estimate of drug-likeness (QED) is 0.419. The molecule has 2 aromatic rings. The molecule has 0 bridgehead atoms. The lowest BCUT2D eigenvalue weighted by Crippen LogP contribution is -2.44. The van der Waals surface area contributed by atoms with Gasteiger partial charge < -0.3 is 25.2 Å². The molecule has 1 saturated carbocycles. The second-order valence-electron chi connectivity index (χ2n) is 8.23. The number of ether oxygens (including phenoxy) is 2. The van der Waals surface area contributed by atoms with Crippen LogP contribution < -0.4 is 20.1 Å². The van der Waals surface area contributed by atoms with Gasteiger partial charge in [0.15, 0.2) is 17.5 Å². The van der Waals surface area contributed by atoms with Gasteiger partial charge in [-0.05, 0) is 57.2 Å². The van der Waals surface area contributed by atoms with Crippen molar-refractivity contribution in [3.63, 3.8) is 0 Å². The molecule has 0 saturated heterocycles. The molecule has 1 fully saturated rings. The van der Waals surface area contributed by atoms with Gasteiger partial charge in [0.05, 0.1) is 32.5 Å². The van der Waals surface area contributed by atoms with Crippen LogP contribution in [0.15, 0.2) is 35.6 Å². The van der Waals surface area contributed by atoms with Crippen LogP contribution in [0.5, 0.6) is 11.5 Å². The Hall–Kier alpha value is -2.74. The standard InChI is InChI=1S/C23H35N5O3/c1-5-24-22(26-16-23(2,29)18-14-27-28(3)15-18)25-13-17-10-11-20(30-4)21(12-17)31-19-8-6-7-9-19/h10-12,14-15,19,29H,5-9,13,16H2,1-4H3,(H2,24,25,26). The van der Waals surface area contributed by atoms with Gasteiger partial charge in [-0.25, -0.2) is 4.99 Å². The van der Waals surface area contributed by atoms with E-state index in [1.165, 1.54) is 12.8 Å². The van der Waals surface area contributed by atoms with E-state index in [1.54, 1.807) is 24.9 Å². The molecule has 3 N–H and O–H groups in total. The lowest BCUT2D eigenvalue weighted by atomic mass is 10.00. The van der Waals surface area contributed by atoms with Crippen molar-refractivity contribution in [3.8, 4) is 11.5 Å². The number of aliphatic imine (C=N–C) groups is 1. The van der Waals surface area contributed by atoms with Gasteiger partial charge in [0.1, 0.15) is 5.60 Å². The first-order valence-corrected chi connectivity index (χ1v) is 11.0.